The van der Waals surface area contributed by atoms with Gasteiger partial charge in [0, 0.05) is 0 Å². The molecule has 0 aliphatic heterocycles. The monoisotopic (exact) mass is 228 g/mol. The lowest BCUT2D eigenvalue weighted by Crippen LogP contribution is -2.22. The van der Waals surface area contributed by atoms with Gasteiger partial charge >= 0.3 is 5.97 Å². The van der Waals surface area contributed by atoms with Crippen LogP contribution < -0.4 is 11.1 Å². The second-order valence-corrected chi connectivity index (χ2v) is 3.16. The largest absolute Gasteiger partial charge is 0.478 e. The van der Waals surface area contributed by atoms with Gasteiger partial charge in [-0.25, -0.2) is 4.79 Å². The van der Waals surface area contributed by atoms with E-state index in [4.69, 9.17) is 22.4 Å². The summed E-state index contributed by atoms with van der Waals surface area (Å²) in [5, 5.41) is 11.3. The Morgan fingerprint density at radius 2 is 2.13 bits per heavy atom. The summed E-state index contributed by atoms with van der Waals surface area (Å²) in [5.41, 5.74) is 5.50. The number of carboxylic acid groups (broad SMARTS) is 1. The first-order valence-corrected chi connectivity index (χ1v) is 4.45. The highest BCUT2D eigenvalue weighted by Gasteiger charge is 2.08. The Morgan fingerprint density at radius 1 is 1.47 bits per heavy atom. The maximum atomic E-state index is 10.9. The molecular formula is C9H9ClN2O3. The molecular weight excluding hydrogens is 220 g/mol. The Bertz CT molecular complexity index is 406. The minimum atomic E-state index is -1.08. The second kappa shape index (κ2) is 4.77. The number of hydrogen-bond acceptors (Lipinski definition) is 3. The van der Waals surface area contributed by atoms with E-state index in [2.05, 4.69) is 5.32 Å². The molecule has 0 atom stereocenters. The third kappa shape index (κ3) is 2.93. The average molecular weight is 229 g/mol. The lowest BCUT2D eigenvalue weighted by atomic mass is 10.2. The number of carboxylic acids is 1. The summed E-state index contributed by atoms with van der Waals surface area (Å²) in [7, 11) is 0. The molecule has 0 aliphatic carbocycles. The average Bonchev–Trinajstić information content (AvgIpc) is 2.20. The zero-order valence-corrected chi connectivity index (χ0v) is 8.41. The predicted octanol–water partition coefficient (Wildman–Crippen LogP) is 0.935. The molecule has 0 saturated carbocycles. The zero-order valence-electron chi connectivity index (χ0n) is 7.66. The van der Waals surface area contributed by atoms with Gasteiger partial charge in [-0.2, -0.15) is 0 Å². The van der Waals surface area contributed by atoms with Gasteiger partial charge in [-0.05, 0) is 18.2 Å². The smallest absolute Gasteiger partial charge is 0.335 e. The van der Waals surface area contributed by atoms with E-state index in [0.717, 1.165) is 0 Å². The molecule has 0 heterocycles. The summed E-state index contributed by atoms with van der Waals surface area (Å²) in [5.74, 6) is -1.46. The molecule has 1 aromatic rings. The number of carbonyl (C=O) groups excluding carboxylic acids is 1. The summed E-state index contributed by atoms with van der Waals surface area (Å²) in [6, 6.07) is 4.02. The molecule has 0 unspecified atom stereocenters. The van der Waals surface area contributed by atoms with Gasteiger partial charge in [0.1, 0.15) is 0 Å². The first-order chi connectivity index (χ1) is 7.04. The quantitative estimate of drug-likeness (QED) is 0.718. The SMILES string of the molecule is NCC(=O)Nc1ccc(C(=O)O)cc1Cl. The minimum Gasteiger partial charge on any atom is -0.478 e. The molecule has 0 spiro atoms. The van der Waals surface area contributed by atoms with Gasteiger partial charge in [0.15, 0.2) is 0 Å². The fraction of sp³-hybridized carbons (Fsp3) is 0.111. The van der Waals surface area contributed by atoms with Gasteiger partial charge in [0.25, 0.3) is 0 Å². The van der Waals surface area contributed by atoms with Crippen LogP contribution in [0.5, 0.6) is 0 Å². The van der Waals surface area contributed by atoms with Crippen LogP contribution in [0.15, 0.2) is 18.2 Å². The van der Waals surface area contributed by atoms with Crippen molar-refractivity contribution >= 4 is 29.2 Å². The normalized spacial score (nSPS) is 9.73. The summed E-state index contributed by atoms with van der Waals surface area (Å²) < 4.78 is 0. The number of anilines is 1. The van der Waals surface area contributed by atoms with E-state index >= 15 is 0 Å². The van der Waals surface area contributed by atoms with Crippen molar-refractivity contribution in [1.82, 2.24) is 0 Å². The topological polar surface area (TPSA) is 92.4 Å². The van der Waals surface area contributed by atoms with E-state index in [9.17, 15) is 9.59 Å². The van der Waals surface area contributed by atoms with E-state index in [1.54, 1.807) is 0 Å². The summed E-state index contributed by atoms with van der Waals surface area (Å²) in [6.07, 6.45) is 0. The molecule has 1 amide bonds. The maximum absolute atomic E-state index is 10.9. The first-order valence-electron chi connectivity index (χ1n) is 4.07. The van der Waals surface area contributed by atoms with Crippen molar-refractivity contribution in [3.05, 3.63) is 28.8 Å². The number of hydrogen-bond donors (Lipinski definition) is 3. The number of aromatic carboxylic acids is 1. The van der Waals surface area contributed by atoms with E-state index in [1.807, 2.05) is 0 Å². The highest BCUT2D eigenvalue weighted by Crippen LogP contribution is 2.22. The van der Waals surface area contributed by atoms with Crippen molar-refractivity contribution in [2.75, 3.05) is 11.9 Å². The Hall–Kier alpha value is -1.59. The zero-order chi connectivity index (χ0) is 11.4. The fourth-order valence-corrected chi connectivity index (χ4v) is 1.18. The number of benzene rings is 1. The molecule has 0 bridgehead atoms. The van der Waals surface area contributed by atoms with Crippen LogP contribution in [-0.2, 0) is 4.79 Å². The van der Waals surface area contributed by atoms with Crippen molar-refractivity contribution < 1.29 is 14.7 Å². The lowest BCUT2D eigenvalue weighted by Gasteiger charge is -2.06. The van der Waals surface area contributed by atoms with E-state index in [0.29, 0.717) is 5.69 Å². The van der Waals surface area contributed by atoms with Crippen LogP contribution in [-0.4, -0.2) is 23.5 Å². The van der Waals surface area contributed by atoms with Gasteiger partial charge in [-0.3, -0.25) is 4.79 Å². The molecule has 6 heteroatoms. The Morgan fingerprint density at radius 3 is 2.60 bits per heavy atom. The van der Waals surface area contributed by atoms with Crippen molar-refractivity contribution in [3.63, 3.8) is 0 Å². The number of rotatable bonds is 3. The van der Waals surface area contributed by atoms with Gasteiger partial charge in [0.2, 0.25) is 5.91 Å². The number of nitrogens with two attached hydrogens (primary N) is 1. The van der Waals surface area contributed by atoms with Crippen LogP contribution in [0, 0.1) is 0 Å². The van der Waals surface area contributed by atoms with Crippen molar-refractivity contribution in [2.24, 2.45) is 5.73 Å². The summed E-state index contributed by atoms with van der Waals surface area (Å²) in [4.78, 5) is 21.5. The molecule has 80 valence electrons. The highest BCUT2D eigenvalue weighted by atomic mass is 35.5. The first kappa shape index (κ1) is 11.5. The molecule has 15 heavy (non-hydrogen) atoms. The number of nitrogens with one attached hydrogen (secondary N) is 1. The summed E-state index contributed by atoms with van der Waals surface area (Å²) >= 11 is 5.76. The number of carbonyl (C=O) groups is 2. The Kier molecular flexibility index (Phi) is 3.65. The van der Waals surface area contributed by atoms with Crippen molar-refractivity contribution in [1.29, 1.82) is 0 Å². The third-order valence-electron chi connectivity index (χ3n) is 1.68. The van der Waals surface area contributed by atoms with Crippen LogP contribution in [0.25, 0.3) is 0 Å². The van der Waals surface area contributed by atoms with Crippen LogP contribution in [0.3, 0.4) is 0 Å². The van der Waals surface area contributed by atoms with Crippen molar-refractivity contribution in [2.45, 2.75) is 0 Å². The van der Waals surface area contributed by atoms with Crippen molar-refractivity contribution in [3.8, 4) is 0 Å². The summed E-state index contributed by atoms with van der Waals surface area (Å²) in [6.45, 7) is -0.156. The second-order valence-electron chi connectivity index (χ2n) is 2.75. The minimum absolute atomic E-state index is 0.0609. The van der Waals surface area contributed by atoms with E-state index in [1.165, 1.54) is 18.2 Å². The predicted molar refractivity (Wildman–Crippen MR) is 56.1 cm³/mol. The molecule has 5 nitrogen and oxygen atoms in total. The molecule has 1 aromatic carbocycles. The van der Waals surface area contributed by atoms with E-state index in [-0.39, 0.29) is 23.0 Å². The number of amides is 1. The van der Waals surface area contributed by atoms with Gasteiger partial charge in [-0.1, -0.05) is 11.6 Å². The molecule has 0 aromatic heterocycles. The molecule has 0 fully saturated rings. The molecule has 0 radical (unpaired) electrons. The molecule has 0 aliphatic rings. The Labute approximate surface area is 90.8 Å². The Balaban J connectivity index is 2.93. The molecule has 0 saturated heterocycles. The van der Waals surface area contributed by atoms with Crippen LogP contribution in [0.1, 0.15) is 10.4 Å². The lowest BCUT2D eigenvalue weighted by molar-refractivity contribution is -0.114. The van der Waals surface area contributed by atoms with Crippen LogP contribution in [0.2, 0.25) is 5.02 Å². The van der Waals surface area contributed by atoms with Gasteiger partial charge in [-0.15, -0.1) is 0 Å². The fourth-order valence-electron chi connectivity index (χ4n) is 0.951. The molecule has 1 rings (SSSR count). The number of halogens is 1. The maximum Gasteiger partial charge on any atom is 0.335 e. The molecule has 4 N–H and O–H groups in total. The van der Waals surface area contributed by atoms with Gasteiger partial charge in [0.05, 0.1) is 22.8 Å². The third-order valence-corrected chi connectivity index (χ3v) is 1.99. The van der Waals surface area contributed by atoms with Crippen LogP contribution in [0.4, 0.5) is 5.69 Å². The van der Waals surface area contributed by atoms with Crippen LogP contribution >= 0.6 is 11.6 Å². The van der Waals surface area contributed by atoms with Gasteiger partial charge < -0.3 is 16.2 Å². The standard InChI is InChI=1S/C9H9ClN2O3/c10-6-3-5(9(14)15)1-2-7(6)12-8(13)4-11/h1-3H,4,11H2,(H,12,13)(H,14,15). The highest BCUT2D eigenvalue weighted by molar-refractivity contribution is 6.34. The van der Waals surface area contributed by atoms with E-state index < -0.39 is 5.97 Å².